The van der Waals surface area contributed by atoms with Crippen molar-refractivity contribution in [3.05, 3.63) is 79.5 Å². The van der Waals surface area contributed by atoms with Gasteiger partial charge in [0.1, 0.15) is 12.4 Å². The number of benzene rings is 2. The number of nitrogens with one attached hydrogen (secondary N) is 1. The highest BCUT2D eigenvalue weighted by molar-refractivity contribution is 8.00. The van der Waals surface area contributed by atoms with Gasteiger partial charge in [-0.2, -0.15) is 0 Å². The molecule has 0 radical (unpaired) electrons. The summed E-state index contributed by atoms with van der Waals surface area (Å²) in [4.78, 5) is 26.8. The third-order valence-electron chi connectivity index (χ3n) is 7.35. The van der Waals surface area contributed by atoms with Gasteiger partial charge >= 0.3 is 4.87 Å². The number of aromatic nitrogens is 1. The number of halogens is 2. The van der Waals surface area contributed by atoms with E-state index < -0.39 is 0 Å². The summed E-state index contributed by atoms with van der Waals surface area (Å²) in [7, 11) is 0. The van der Waals surface area contributed by atoms with Crippen molar-refractivity contribution >= 4 is 46.3 Å². The van der Waals surface area contributed by atoms with Crippen LogP contribution in [-0.2, 0) is 11.3 Å². The van der Waals surface area contributed by atoms with Crippen molar-refractivity contribution in [2.75, 3.05) is 5.32 Å². The van der Waals surface area contributed by atoms with Gasteiger partial charge in [-0.1, -0.05) is 35.1 Å². The zero-order valence-corrected chi connectivity index (χ0v) is 20.1. The third kappa shape index (κ3) is 3.74. The minimum absolute atomic E-state index is 0.0478. The Morgan fingerprint density at radius 1 is 1.09 bits per heavy atom. The lowest BCUT2D eigenvalue weighted by Crippen LogP contribution is -2.34. The predicted octanol–water partition coefficient (Wildman–Crippen LogP) is 5.99. The first kappa shape index (κ1) is 21.4. The lowest BCUT2D eigenvalue weighted by Gasteiger charge is -2.40. The minimum atomic E-state index is -0.360. The summed E-state index contributed by atoms with van der Waals surface area (Å²) in [6.45, 7) is -0.0478. The van der Waals surface area contributed by atoms with Crippen molar-refractivity contribution in [3.8, 4) is 0 Å². The molecule has 1 aromatic heterocycles. The smallest absolute Gasteiger partial charge is 0.308 e. The molecule has 3 aromatic rings. The number of amides is 1. The average molecular weight is 501 g/mol. The van der Waals surface area contributed by atoms with Crippen LogP contribution in [0.2, 0.25) is 5.02 Å². The van der Waals surface area contributed by atoms with E-state index in [-0.39, 0.29) is 29.1 Å². The molecule has 4 unspecified atom stereocenters. The fourth-order valence-corrected chi connectivity index (χ4v) is 9.28. The van der Waals surface area contributed by atoms with E-state index in [4.69, 9.17) is 11.6 Å². The van der Waals surface area contributed by atoms with Gasteiger partial charge in [0.15, 0.2) is 0 Å². The standard InChI is InChI=1S/C25H22ClFN2O2S2/c26-16-5-3-13(4-6-16)20-21-14-1-2-15(11-14)22(21)32-24-23(20)33-25(31)29(24)12-19(30)28-18-9-7-17(27)8-10-18/h3-10,14-15,20-22H,1-2,11-12H2,(H,28,30)/t14?,15?,20-,21?,22?/m0/s1. The molecule has 2 aromatic carbocycles. The van der Waals surface area contributed by atoms with E-state index in [1.807, 2.05) is 23.9 Å². The number of thioether (sulfide) groups is 1. The Hall–Kier alpha value is -2.09. The van der Waals surface area contributed by atoms with Crippen LogP contribution >= 0.6 is 34.7 Å². The Bertz CT molecular complexity index is 1270. The molecule has 170 valence electrons. The van der Waals surface area contributed by atoms with E-state index in [2.05, 4.69) is 17.4 Å². The number of anilines is 1. The van der Waals surface area contributed by atoms with E-state index in [9.17, 15) is 14.0 Å². The fraction of sp³-hybridized carbons (Fsp3) is 0.360. The molecule has 8 heteroatoms. The molecule has 5 atom stereocenters. The van der Waals surface area contributed by atoms with Gasteiger partial charge in [-0.25, -0.2) is 4.39 Å². The monoisotopic (exact) mass is 500 g/mol. The van der Waals surface area contributed by atoms with Gasteiger partial charge in [0.25, 0.3) is 0 Å². The zero-order chi connectivity index (χ0) is 22.7. The molecule has 2 heterocycles. The van der Waals surface area contributed by atoms with Crippen molar-refractivity contribution in [3.63, 3.8) is 0 Å². The van der Waals surface area contributed by atoms with Crippen LogP contribution in [0, 0.1) is 23.6 Å². The molecule has 6 rings (SSSR count). The molecule has 4 nitrogen and oxygen atoms in total. The highest BCUT2D eigenvalue weighted by Crippen LogP contribution is 2.64. The van der Waals surface area contributed by atoms with Crippen LogP contribution in [0.3, 0.4) is 0 Å². The van der Waals surface area contributed by atoms with Crippen LogP contribution in [0.1, 0.15) is 35.6 Å². The van der Waals surface area contributed by atoms with Gasteiger partial charge in [0.2, 0.25) is 5.91 Å². The Kier molecular flexibility index (Phi) is 5.39. The molecule has 2 saturated carbocycles. The number of rotatable bonds is 4. The Morgan fingerprint density at radius 3 is 2.58 bits per heavy atom. The lowest BCUT2D eigenvalue weighted by molar-refractivity contribution is -0.116. The van der Waals surface area contributed by atoms with E-state index in [1.165, 1.54) is 60.4 Å². The van der Waals surface area contributed by atoms with Crippen LogP contribution in [0.25, 0.3) is 0 Å². The summed E-state index contributed by atoms with van der Waals surface area (Å²) in [6, 6.07) is 13.7. The van der Waals surface area contributed by atoms with Crippen molar-refractivity contribution in [1.29, 1.82) is 0 Å². The van der Waals surface area contributed by atoms with E-state index in [0.29, 0.717) is 33.7 Å². The molecule has 1 aliphatic heterocycles. The van der Waals surface area contributed by atoms with Gasteiger partial charge in [0.05, 0.1) is 5.03 Å². The van der Waals surface area contributed by atoms with Gasteiger partial charge in [-0.3, -0.25) is 14.2 Å². The number of hydrogen-bond acceptors (Lipinski definition) is 4. The average Bonchev–Trinajstić information content (AvgIpc) is 3.49. The fourth-order valence-electron chi connectivity index (χ4n) is 6.01. The van der Waals surface area contributed by atoms with Crippen LogP contribution in [-0.4, -0.2) is 15.7 Å². The van der Waals surface area contributed by atoms with Gasteiger partial charge < -0.3 is 5.32 Å². The predicted molar refractivity (Wildman–Crippen MR) is 131 cm³/mol. The number of thiazole rings is 1. The molecule has 2 fully saturated rings. The van der Waals surface area contributed by atoms with Crippen LogP contribution in [0.4, 0.5) is 10.1 Å². The van der Waals surface area contributed by atoms with Crippen molar-refractivity contribution in [1.82, 2.24) is 4.57 Å². The minimum Gasteiger partial charge on any atom is -0.325 e. The first-order valence-electron chi connectivity index (χ1n) is 11.2. The number of fused-ring (bicyclic) bond motifs is 6. The summed E-state index contributed by atoms with van der Waals surface area (Å²) in [6.07, 6.45) is 3.78. The zero-order valence-electron chi connectivity index (χ0n) is 17.7. The Balaban J connectivity index is 1.36. The molecular formula is C25H22ClFN2O2S2. The Morgan fingerprint density at radius 2 is 1.82 bits per heavy atom. The molecule has 3 aliphatic rings. The number of nitrogens with zero attached hydrogens (tertiary/aromatic N) is 1. The third-order valence-corrected chi connectivity index (χ3v) is 10.4. The molecule has 2 aliphatic carbocycles. The molecule has 2 bridgehead atoms. The number of carbonyl (C=O) groups is 1. The second-order valence-corrected chi connectivity index (χ2v) is 11.8. The maximum absolute atomic E-state index is 13.2. The van der Waals surface area contributed by atoms with Crippen LogP contribution in [0.5, 0.6) is 0 Å². The molecule has 1 N–H and O–H groups in total. The maximum Gasteiger partial charge on any atom is 0.308 e. The van der Waals surface area contributed by atoms with Crippen molar-refractivity contribution < 1.29 is 9.18 Å². The molecule has 1 amide bonds. The first-order chi connectivity index (χ1) is 16.0. The van der Waals surface area contributed by atoms with E-state index >= 15 is 0 Å². The first-order valence-corrected chi connectivity index (χ1v) is 13.3. The van der Waals surface area contributed by atoms with Crippen LogP contribution < -0.4 is 10.2 Å². The quantitative estimate of drug-likeness (QED) is 0.478. The van der Waals surface area contributed by atoms with Gasteiger partial charge in [-0.15, -0.1) is 11.8 Å². The highest BCUT2D eigenvalue weighted by atomic mass is 35.5. The van der Waals surface area contributed by atoms with Gasteiger partial charge in [-0.05, 0) is 79.0 Å². The van der Waals surface area contributed by atoms with E-state index in [0.717, 1.165) is 9.90 Å². The summed E-state index contributed by atoms with van der Waals surface area (Å²) in [5.74, 6) is 1.39. The largest absolute Gasteiger partial charge is 0.325 e. The summed E-state index contributed by atoms with van der Waals surface area (Å²) in [5.41, 5.74) is 1.71. The normalized spacial score (nSPS) is 27.3. The summed E-state index contributed by atoms with van der Waals surface area (Å²) < 4.78 is 14.8. The topological polar surface area (TPSA) is 51.1 Å². The second-order valence-electron chi connectivity index (χ2n) is 9.20. The molecule has 33 heavy (non-hydrogen) atoms. The molecule has 0 spiro atoms. The van der Waals surface area contributed by atoms with E-state index in [1.54, 1.807) is 4.57 Å². The van der Waals surface area contributed by atoms with Crippen molar-refractivity contribution in [2.45, 2.75) is 42.0 Å². The summed E-state index contributed by atoms with van der Waals surface area (Å²) in [5, 5.41) is 4.89. The number of carbonyl (C=O) groups excluding carboxylic acids is 1. The maximum atomic E-state index is 13.2. The molecular weight excluding hydrogens is 479 g/mol. The SMILES string of the molecule is O=C(Cn1c2c(sc1=O)[C@@H](c1ccc(Cl)cc1)C1C3CCC(C3)C1S2)Nc1ccc(F)cc1. The Labute approximate surface area is 204 Å². The molecule has 0 saturated heterocycles. The lowest BCUT2D eigenvalue weighted by atomic mass is 9.75. The number of hydrogen-bond donors (Lipinski definition) is 1. The second kappa shape index (κ2) is 8.29. The van der Waals surface area contributed by atoms with Gasteiger partial charge in [0, 0.05) is 26.8 Å². The summed E-state index contributed by atoms with van der Waals surface area (Å²) >= 11 is 9.25. The van der Waals surface area contributed by atoms with Crippen LogP contribution in [0.15, 0.2) is 58.4 Å². The van der Waals surface area contributed by atoms with Crippen molar-refractivity contribution in [2.24, 2.45) is 17.8 Å². The highest BCUT2D eigenvalue weighted by Gasteiger charge is 2.55.